The summed E-state index contributed by atoms with van der Waals surface area (Å²) >= 11 is 3.54. The molecule has 1 N–H and O–H groups in total. The van der Waals surface area contributed by atoms with Crippen LogP contribution in [0.25, 0.3) is 0 Å². The molecule has 0 saturated heterocycles. The molecular formula is C21H23N3S2. The Morgan fingerprint density at radius 3 is 2.69 bits per heavy atom. The summed E-state index contributed by atoms with van der Waals surface area (Å²) in [6.07, 6.45) is 3.42. The molecule has 1 aliphatic carbocycles. The number of aromatic nitrogens is 2. The number of hydrogen-bond donors (Lipinski definition) is 1. The highest BCUT2D eigenvalue weighted by atomic mass is 32.2. The molecule has 3 nitrogen and oxygen atoms in total. The fourth-order valence-corrected chi connectivity index (χ4v) is 5.48. The van der Waals surface area contributed by atoms with Gasteiger partial charge in [-0.05, 0) is 55.9 Å². The zero-order chi connectivity index (χ0) is 18.1. The molecule has 0 atom stereocenters. The summed E-state index contributed by atoms with van der Waals surface area (Å²) in [7, 11) is 0. The molecule has 0 fully saturated rings. The Balaban J connectivity index is 1.54. The number of thiazole rings is 1. The van der Waals surface area contributed by atoms with E-state index in [1.807, 2.05) is 13.0 Å². The highest BCUT2D eigenvalue weighted by Crippen LogP contribution is 2.39. The maximum absolute atomic E-state index is 4.82. The normalized spacial score (nSPS) is 15.5. The van der Waals surface area contributed by atoms with E-state index in [-0.39, 0.29) is 0 Å². The molecule has 0 saturated carbocycles. The molecule has 5 heteroatoms. The molecule has 3 aromatic rings. The first-order valence-corrected chi connectivity index (χ1v) is 10.6. The predicted molar refractivity (Wildman–Crippen MR) is 111 cm³/mol. The SMILES string of the molecule is Cc1cc(Sc2ccccc2)cc(Nc2nc3c(s2)CC(C)(C)CC3)n1. The number of nitrogens with one attached hydrogen (secondary N) is 1. The van der Waals surface area contributed by atoms with Crippen LogP contribution in [0.15, 0.2) is 52.3 Å². The number of hydrogen-bond acceptors (Lipinski definition) is 5. The lowest BCUT2D eigenvalue weighted by Crippen LogP contribution is -2.20. The van der Waals surface area contributed by atoms with Gasteiger partial charge in [-0.15, -0.1) is 11.3 Å². The number of nitrogens with zero attached hydrogens (tertiary/aromatic N) is 2. The molecule has 26 heavy (non-hydrogen) atoms. The quantitative estimate of drug-likeness (QED) is 0.579. The van der Waals surface area contributed by atoms with Gasteiger partial charge in [0.15, 0.2) is 5.13 Å². The summed E-state index contributed by atoms with van der Waals surface area (Å²) in [5, 5.41) is 4.40. The first-order chi connectivity index (χ1) is 12.5. The Bertz CT molecular complexity index is 916. The van der Waals surface area contributed by atoms with E-state index < -0.39 is 0 Å². The molecule has 1 aliphatic rings. The van der Waals surface area contributed by atoms with Crippen molar-refractivity contribution in [2.75, 3.05) is 5.32 Å². The summed E-state index contributed by atoms with van der Waals surface area (Å²) in [5.41, 5.74) is 2.66. The third-order valence-electron chi connectivity index (χ3n) is 4.60. The molecule has 1 aromatic carbocycles. The third kappa shape index (κ3) is 4.10. The van der Waals surface area contributed by atoms with Crippen molar-refractivity contribution in [3.63, 3.8) is 0 Å². The average Bonchev–Trinajstić information content (AvgIpc) is 2.95. The number of benzene rings is 1. The van der Waals surface area contributed by atoms with Gasteiger partial charge in [-0.3, -0.25) is 0 Å². The van der Waals surface area contributed by atoms with Gasteiger partial charge in [-0.25, -0.2) is 9.97 Å². The van der Waals surface area contributed by atoms with Gasteiger partial charge in [0, 0.05) is 20.4 Å². The lowest BCUT2D eigenvalue weighted by atomic mass is 9.79. The molecular weight excluding hydrogens is 358 g/mol. The lowest BCUT2D eigenvalue weighted by Gasteiger charge is -2.28. The average molecular weight is 382 g/mol. The van der Waals surface area contributed by atoms with Crippen LogP contribution in [0.5, 0.6) is 0 Å². The number of pyridine rings is 1. The van der Waals surface area contributed by atoms with E-state index in [2.05, 4.69) is 60.5 Å². The minimum atomic E-state index is 0.387. The number of fused-ring (bicyclic) bond motifs is 1. The third-order valence-corrected chi connectivity index (χ3v) is 6.59. The second-order valence-electron chi connectivity index (χ2n) is 7.60. The van der Waals surface area contributed by atoms with Crippen molar-refractivity contribution in [2.45, 2.75) is 49.8 Å². The summed E-state index contributed by atoms with van der Waals surface area (Å²) in [6, 6.07) is 14.7. The van der Waals surface area contributed by atoms with Gasteiger partial charge < -0.3 is 5.32 Å². The van der Waals surface area contributed by atoms with Crippen molar-refractivity contribution in [1.29, 1.82) is 0 Å². The summed E-state index contributed by atoms with van der Waals surface area (Å²) in [4.78, 5) is 13.3. The molecule has 0 bridgehead atoms. The first-order valence-electron chi connectivity index (χ1n) is 8.94. The van der Waals surface area contributed by atoms with Crippen molar-refractivity contribution < 1.29 is 0 Å². The molecule has 2 aromatic heterocycles. The van der Waals surface area contributed by atoms with Crippen LogP contribution < -0.4 is 5.32 Å². The van der Waals surface area contributed by atoms with Crippen LogP contribution in [0.3, 0.4) is 0 Å². The van der Waals surface area contributed by atoms with E-state index in [1.54, 1.807) is 23.1 Å². The second kappa shape index (κ2) is 7.05. The number of rotatable bonds is 4. The van der Waals surface area contributed by atoms with Crippen molar-refractivity contribution in [3.8, 4) is 0 Å². The van der Waals surface area contributed by atoms with Crippen LogP contribution in [-0.4, -0.2) is 9.97 Å². The summed E-state index contributed by atoms with van der Waals surface area (Å²) in [5.74, 6) is 0.869. The molecule has 134 valence electrons. The Hall–Kier alpha value is -1.85. The molecule has 0 amide bonds. The van der Waals surface area contributed by atoms with Crippen LogP contribution >= 0.6 is 23.1 Å². The topological polar surface area (TPSA) is 37.8 Å². The smallest absolute Gasteiger partial charge is 0.188 e. The van der Waals surface area contributed by atoms with Crippen LogP contribution in [0.1, 0.15) is 36.5 Å². The van der Waals surface area contributed by atoms with E-state index in [4.69, 9.17) is 4.98 Å². The van der Waals surface area contributed by atoms with Crippen LogP contribution in [-0.2, 0) is 12.8 Å². The Labute approximate surface area is 163 Å². The Morgan fingerprint density at radius 2 is 1.88 bits per heavy atom. The largest absolute Gasteiger partial charge is 0.316 e. The van der Waals surface area contributed by atoms with Gasteiger partial charge in [0.25, 0.3) is 0 Å². The van der Waals surface area contributed by atoms with Crippen LogP contribution in [0.4, 0.5) is 10.9 Å². The summed E-state index contributed by atoms with van der Waals surface area (Å²) in [6.45, 7) is 6.73. The Kier molecular flexibility index (Phi) is 4.76. The van der Waals surface area contributed by atoms with E-state index in [9.17, 15) is 0 Å². The molecule has 0 aliphatic heterocycles. The van der Waals surface area contributed by atoms with Crippen LogP contribution in [0.2, 0.25) is 0 Å². The van der Waals surface area contributed by atoms with Crippen molar-refractivity contribution in [1.82, 2.24) is 9.97 Å². The fourth-order valence-electron chi connectivity index (χ4n) is 3.24. The van der Waals surface area contributed by atoms with E-state index >= 15 is 0 Å². The minimum absolute atomic E-state index is 0.387. The van der Waals surface area contributed by atoms with E-state index in [0.29, 0.717) is 5.41 Å². The zero-order valence-electron chi connectivity index (χ0n) is 15.4. The Morgan fingerprint density at radius 1 is 1.08 bits per heavy atom. The van der Waals surface area contributed by atoms with Crippen molar-refractivity contribution >= 4 is 34.0 Å². The van der Waals surface area contributed by atoms with Gasteiger partial charge in [-0.2, -0.15) is 0 Å². The molecule has 2 heterocycles. The van der Waals surface area contributed by atoms with E-state index in [1.165, 1.54) is 26.8 Å². The summed E-state index contributed by atoms with van der Waals surface area (Å²) < 4.78 is 0. The molecule has 0 radical (unpaired) electrons. The maximum Gasteiger partial charge on any atom is 0.188 e. The standard InChI is InChI=1S/C21H23N3S2/c1-14-11-16(25-15-7-5-4-6-8-15)12-19(22-14)24-20-23-17-9-10-21(2,3)13-18(17)26-20/h4-8,11-12H,9-10,13H2,1-3H3,(H,22,23,24). The highest BCUT2D eigenvalue weighted by Gasteiger charge is 2.28. The van der Waals surface area contributed by atoms with Gasteiger partial charge >= 0.3 is 0 Å². The molecule has 0 spiro atoms. The van der Waals surface area contributed by atoms with E-state index in [0.717, 1.165) is 29.5 Å². The predicted octanol–water partition coefficient (Wildman–Crippen LogP) is 6.26. The van der Waals surface area contributed by atoms with Gasteiger partial charge in [0.2, 0.25) is 0 Å². The van der Waals surface area contributed by atoms with Crippen molar-refractivity contribution in [2.24, 2.45) is 5.41 Å². The fraction of sp³-hybridized carbons (Fsp3) is 0.333. The first kappa shape index (κ1) is 17.6. The van der Waals surface area contributed by atoms with Crippen molar-refractivity contribution in [3.05, 3.63) is 58.7 Å². The lowest BCUT2D eigenvalue weighted by molar-refractivity contribution is 0.316. The minimum Gasteiger partial charge on any atom is -0.316 e. The van der Waals surface area contributed by atoms with Gasteiger partial charge in [0.05, 0.1) is 5.69 Å². The monoisotopic (exact) mass is 381 g/mol. The molecule has 4 rings (SSSR count). The maximum atomic E-state index is 4.82. The van der Waals surface area contributed by atoms with Crippen LogP contribution in [0, 0.1) is 12.3 Å². The van der Waals surface area contributed by atoms with Gasteiger partial charge in [0.1, 0.15) is 5.82 Å². The number of aryl methyl sites for hydroxylation is 2. The highest BCUT2D eigenvalue weighted by molar-refractivity contribution is 7.99. The molecule has 0 unspecified atom stereocenters. The second-order valence-corrected chi connectivity index (χ2v) is 9.83. The number of anilines is 2. The zero-order valence-corrected chi connectivity index (χ0v) is 17.0. The van der Waals surface area contributed by atoms with Gasteiger partial charge in [-0.1, -0.05) is 43.8 Å².